The molecule has 0 saturated heterocycles. The van der Waals surface area contributed by atoms with Gasteiger partial charge in [0.15, 0.2) is 0 Å². The van der Waals surface area contributed by atoms with E-state index in [9.17, 15) is 9.18 Å². The zero-order valence-electron chi connectivity index (χ0n) is 15.3. The van der Waals surface area contributed by atoms with Gasteiger partial charge in [-0.15, -0.1) is 0 Å². The van der Waals surface area contributed by atoms with Crippen molar-refractivity contribution in [3.8, 4) is 0 Å². The summed E-state index contributed by atoms with van der Waals surface area (Å²) in [7, 11) is 0. The maximum absolute atomic E-state index is 14.0. The van der Waals surface area contributed by atoms with Crippen molar-refractivity contribution in [2.45, 2.75) is 27.2 Å². The summed E-state index contributed by atoms with van der Waals surface area (Å²) in [6, 6.07) is 11.3. The number of rotatable bonds is 5. The number of hydrogen-bond donors (Lipinski definition) is 2. The van der Waals surface area contributed by atoms with Crippen molar-refractivity contribution < 1.29 is 9.18 Å². The average molecular weight is 350 g/mol. The zero-order valence-corrected chi connectivity index (χ0v) is 15.3. The maximum Gasteiger partial charge on any atom is 0.244 e. The minimum atomic E-state index is -0.245. The van der Waals surface area contributed by atoms with E-state index >= 15 is 0 Å². The van der Waals surface area contributed by atoms with Crippen LogP contribution in [0.1, 0.15) is 27.9 Å². The topological polar surface area (TPSA) is 44.9 Å². The van der Waals surface area contributed by atoms with Crippen molar-refractivity contribution in [1.82, 2.24) is 10.3 Å². The Hall–Kier alpha value is -2.88. The van der Waals surface area contributed by atoms with Gasteiger partial charge < -0.3 is 10.3 Å². The highest BCUT2D eigenvalue weighted by molar-refractivity contribution is 5.92. The van der Waals surface area contributed by atoms with Crippen LogP contribution in [0.5, 0.6) is 0 Å². The Kier molecular flexibility index (Phi) is 5.21. The summed E-state index contributed by atoms with van der Waals surface area (Å²) in [5, 5.41) is 3.82. The number of benzene rings is 2. The number of hydrogen-bond acceptors (Lipinski definition) is 1. The third-order valence-corrected chi connectivity index (χ3v) is 4.61. The van der Waals surface area contributed by atoms with E-state index in [1.807, 2.05) is 45.0 Å². The van der Waals surface area contributed by atoms with Crippen LogP contribution in [0.15, 0.2) is 42.5 Å². The molecule has 3 rings (SSSR count). The zero-order chi connectivity index (χ0) is 18.7. The van der Waals surface area contributed by atoms with E-state index in [-0.39, 0.29) is 11.7 Å². The van der Waals surface area contributed by atoms with Gasteiger partial charge >= 0.3 is 0 Å². The maximum atomic E-state index is 14.0. The van der Waals surface area contributed by atoms with Gasteiger partial charge in [0.1, 0.15) is 5.82 Å². The molecule has 0 spiro atoms. The van der Waals surface area contributed by atoms with Crippen molar-refractivity contribution in [1.29, 1.82) is 0 Å². The first-order valence-corrected chi connectivity index (χ1v) is 8.74. The molecule has 1 heterocycles. The Morgan fingerprint density at radius 1 is 1.12 bits per heavy atom. The smallest absolute Gasteiger partial charge is 0.244 e. The fourth-order valence-electron chi connectivity index (χ4n) is 3.17. The summed E-state index contributed by atoms with van der Waals surface area (Å²) in [6.45, 7) is 6.44. The monoisotopic (exact) mass is 350 g/mol. The molecule has 26 heavy (non-hydrogen) atoms. The van der Waals surface area contributed by atoms with Gasteiger partial charge in [0.25, 0.3) is 0 Å². The third kappa shape index (κ3) is 3.85. The molecule has 0 aliphatic rings. The van der Waals surface area contributed by atoms with E-state index in [0.717, 1.165) is 27.8 Å². The fraction of sp³-hybridized carbons (Fsp3) is 0.227. The first-order chi connectivity index (χ1) is 12.5. The fourth-order valence-corrected chi connectivity index (χ4v) is 3.17. The van der Waals surface area contributed by atoms with E-state index in [1.54, 1.807) is 12.1 Å². The van der Waals surface area contributed by atoms with Gasteiger partial charge in [-0.05, 0) is 56.0 Å². The molecule has 0 saturated carbocycles. The number of halogens is 1. The molecule has 0 aliphatic carbocycles. The second-order valence-corrected chi connectivity index (χ2v) is 6.63. The second kappa shape index (κ2) is 7.56. The Morgan fingerprint density at radius 2 is 1.85 bits per heavy atom. The Labute approximate surface area is 152 Å². The first-order valence-electron chi connectivity index (χ1n) is 8.74. The molecule has 3 nitrogen and oxygen atoms in total. The molecule has 0 fully saturated rings. The van der Waals surface area contributed by atoms with E-state index in [4.69, 9.17) is 0 Å². The lowest BCUT2D eigenvalue weighted by molar-refractivity contribution is -0.116. The quantitative estimate of drug-likeness (QED) is 0.649. The molecule has 0 radical (unpaired) electrons. The van der Waals surface area contributed by atoms with Crippen LogP contribution in [-0.4, -0.2) is 17.4 Å². The summed E-state index contributed by atoms with van der Waals surface area (Å²) >= 11 is 0. The SMILES string of the molecule is Cc1ccc(/C=C/C(=O)NCCc2c(C)[nH]c3c(F)ccc(C)c23)cc1. The van der Waals surface area contributed by atoms with Crippen LogP contribution in [-0.2, 0) is 11.2 Å². The lowest BCUT2D eigenvalue weighted by Gasteiger charge is -2.05. The summed E-state index contributed by atoms with van der Waals surface area (Å²) < 4.78 is 14.0. The second-order valence-electron chi connectivity index (χ2n) is 6.63. The summed E-state index contributed by atoms with van der Waals surface area (Å²) in [5.41, 5.74) is 5.75. The molecule has 0 atom stereocenters. The number of fused-ring (bicyclic) bond motifs is 1. The van der Waals surface area contributed by atoms with Crippen molar-refractivity contribution in [2.24, 2.45) is 0 Å². The summed E-state index contributed by atoms with van der Waals surface area (Å²) in [4.78, 5) is 15.1. The van der Waals surface area contributed by atoms with Crippen LogP contribution in [0.4, 0.5) is 4.39 Å². The van der Waals surface area contributed by atoms with Gasteiger partial charge in [-0.3, -0.25) is 4.79 Å². The Balaban J connectivity index is 1.64. The molecule has 2 N–H and O–H groups in total. The number of amides is 1. The number of carbonyl (C=O) groups excluding carboxylic acids is 1. The lowest BCUT2D eigenvalue weighted by Crippen LogP contribution is -2.23. The third-order valence-electron chi connectivity index (χ3n) is 4.61. The largest absolute Gasteiger partial charge is 0.356 e. The number of aryl methyl sites for hydroxylation is 3. The van der Waals surface area contributed by atoms with Gasteiger partial charge in [0, 0.05) is 23.7 Å². The van der Waals surface area contributed by atoms with E-state index in [2.05, 4.69) is 10.3 Å². The predicted octanol–water partition coefficient (Wildman–Crippen LogP) is 4.60. The van der Waals surface area contributed by atoms with Gasteiger partial charge in [0.2, 0.25) is 5.91 Å². The van der Waals surface area contributed by atoms with Gasteiger partial charge in [-0.2, -0.15) is 0 Å². The summed E-state index contributed by atoms with van der Waals surface area (Å²) in [5.74, 6) is -0.379. The standard InChI is InChI=1S/C22H23FN2O/c1-14-4-7-17(8-5-14)9-11-20(26)24-13-12-18-16(3)25-22-19(23)10-6-15(2)21(18)22/h4-11,25H,12-13H2,1-3H3,(H,24,26)/b11-9+. The number of aromatic nitrogens is 1. The molecule has 1 amide bonds. The molecule has 1 aromatic heterocycles. The Morgan fingerprint density at radius 3 is 2.58 bits per heavy atom. The number of H-pyrrole nitrogens is 1. The minimum Gasteiger partial charge on any atom is -0.356 e. The van der Waals surface area contributed by atoms with Crippen molar-refractivity contribution in [2.75, 3.05) is 6.54 Å². The molecule has 4 heteroatoms. The predicted molar refractivity (Wildman–Crippen MR) is 105 cm³/mol. The van der Waals surface area contributed by atoms with E-state index in [1.165, 1.54) is 17.7 Å². The molecule has 0 aliphatic heterocycles. The molecule has 2 aromatic carbocycles. The summed E-state index contributed by atoms with van der Waals surface area (Å²) in [6.07, 6.45) is 3.99. The molecule has 0 bridgehead atoms. The van der Waals surface area contributed by atoms with Crippen LogP contribution >= 0.6 is 0 Å². The average Bonchev–Trinajstić information content (AvgIpc) is 2.96. The lowest BCUT2D eigenvalue weighted by atomic mass is 10.0. The number of aromatic amines is 1. The van der Waals surface area contributed by atoms with Gasteiger partial charge in [0.05, 0.1) is 5.52 Å². The minimum absolute atomic E-state index is 0.133. The normalized spacial score (nSPS) is 11.4. The van der Waals surface area contributed by atoms with Crippen molar-refractivity contribution in [3.05, 3.63) is 76.2 Å². The molecular weight excluding hydrogens is 327 g/mol. The van der Waals surface area contributed by atoms with Crippen LogP contribution in [0.25, 0.3) is 17.0 Å². The van der Waals surface area contributed by atoms with Crippen molar-refractivity contribution >= 4 is 22.9 Å². The van der Waals surface area contributed by atoms with E-state index < -0.39 is 0 Å². The van der Waals surface area contributed by atoms with Crippen LogP contribution in [0, 0.1) is 26.6 Å². The Bertz CT molecular complexity index is 968. The highest BCUT2D eigenvalue weighted by Gasteiger charge is 2.13. The van der Waals surface area contributed by atoms with Crippen LogP contribution in [0.2, 0.25) is 0 Å². The molecule has 134 valence electrons. The number of carbonyl (C=O) groups is 1. The first kappa shape index (κ1) is 17.9. The van der Waals surface area contributed by atoms with Gasteiger partial charge in [-0.1, -0.05) is 35.9 Å². The van der Waals surface area contributed by atoms with Crippen molar-refractivity contribution in [3.63, 3.8) is 0 Å². The molecular formula is C22H23FN2O. The van der Waals surface area contributed by atoms with E-state index in [0.29, 0.717) is 18.5 Å². The van der Waals surface area contributed by atoms with Crippen LogP contribution in [0.3, 0.4) is 0 Å². The van der Waals surface area contributed by atoms with Crippen LogP contribution < -0.4 is 5.32 Å². The molecule has 3 aromatic rings. The highest BCUT2D eigenvalue weighted by atomic mass is 19.1. The van der Waals surface area contributed by atoms with Gasteiger partial charge in [-0.25, -0.2) is 4.39 Å². The highest BCUT2D eigenvalue weighted by Crippen LogP contribution is 2.27. The molecule has 0 unspecified atom stereocenters. The number of nitrogens with one attached hydrogen (secondary N) is 2.